The number of carbonyl (C=O) groups excluding carboxylic acids is 1. The highest BCUT2D eigenvalue weighted by molar-refractivity contribution is 6.02. The van der Waals surface area contributed by atoms with Crippen molar-refractivity contribution in [2.45, 2.75) is 66.2 Å². The molecule has 136 valence electrons. The predicted octanol–water partition coefficient (Wildman–Crippen LogP) is 3.35. The first kappa shape index (κ1) is 19.3. The molecule has 1 aromatic rings. The van der Waals surface area contributed by atoms with Crippen LogP contribution in [0.3, 0.4) is 0 Å². The molecule has 1 aromatic heterocycles. The molecule has 0 bridgehead atoms. The zero-order chi connectivity index (χ0) is 18.6. The summed E-state index contributed by atoms with van der Waals surface area (Å²) in [4.78, 5) is 12.3. The number of rotatable bonds is 6. The zero-order valence-electron chi connectivity index (χ0n) is 15.9. The van der Waals surface area contributed by atoms with Crippen LogP contribution in [0.2, 0.25) is 0 Å². The van der Waals surface area contributed by atoms with Gasteiger partial charge in [0.2, 0.25) is 0 Å². The molecule has 0 spiro atoms. The molecule has 1 fully saturated rings. The summed E-state index contributed by atoms with van der Waals surface area (Å²) >= 11 is 0. The molecule has 1 aliphatic rings. The molecule has 5 nitrogen and oxygen atoms in total. The van der Waals surface area contributed by atoms with Gasteiger partial charge >= 0.3 is 0 Å². The molecule has 1 saturated heterocycles. The number of aryl methyl sites for hydroxylation is 1. The van der Waals surface area contributed by atoms with E-state index in [1.54, 1.807) is 6.08 Å². The Bertz CT molecular complexity index is 689. The fourth-order valence-electron chi connectivity index (χ4n) is 3.00. The van der Waals surface area contributed by atoms with E-state index < -0.39 is 0 Å². The van der Waals surface area contributed by atoms with Gasteiger partial charge in [-0.2, -0.15) is 5.26 Å². The average molecular weight is 343 g/mol. The lowest BCUT2D eigenvalue weighted by molar-refractivity contribution is -0.117. The zero-order valence-corrected chi connectivity index (χ0v) is 15.9. The maximum absolute atomic E-state index is 12.3. The van der Waals surface area contributed by atoms with E-state index in [0.717, 1.165) is 42.9 Å². The Morgan fingerprint density at radius 1 is 1.48 bits per heavy atom. The first-order valence-corrected chi connectivity index (χ1v) is 9.04. The number of ether oxygens (including phenoxy) is 1. The van der Waals surface area contributed by atoms with Crippen LogP contribution >= 0.6 is 0 Å². The lowest BCUT2D eigenvalue weighted by atomic mass is 10.1. The Hall–Kier alpha value is -2.06. The number of nitrogens with zero attached hydrogens (tertiary/aromatic N) is 2. The molecule has 2 atom stereocenters. The van der Waals surface area contributed by atoms with Crippen LogP contribution in [-0.4, -0.2) is 29.2 Å². The number of hydrogen-bond donors (Lipinski definition) is 1. The molecule has 2 unspecified atom stereocenters. The molecule has 0 saturated carbocycles. The Kier molecular flexibility index (Phi) is 6.44. The van der Waals surface area contributed by atoms with Gasteiger partial charge in [-0.3, -0.25) is 4.79 Å². The van der Waals surface area contributed by atoms with E-state index in [0.29, 0.717) is 5.92 Å². The van der Waals surface area contributed by atoms with E-state index in [1.807, 2.05) is 46.8 Å². The third-order valence-corrected chi connectivity index (χ3v) is 5.05. The molecule has 25 heavy (non-hydrogen) atoms. The second kappa shape index (κ2) is 8.35. The van der Waals surface area contributed by atoms with Gasteiger partial charge in [0.15, 0.2) is 0 Å². The molecular weight excluding hydrogens is 314 g/mol. The normalized spacial score (nSPS) is 19.1. The van der Waals surface area contributed by atoms with Crippen molar-refractivity contribution in [3.8, 4) is 6.07 Å². The van der Waals surface area contributed by atoms with Crippen LogP contribution < -0.4 is 5.32 Å². The average Bonchev–Trinajstić information content (AvgIpc) is 3.16. The fourth-order valence-corrected chi connectivity index (χ4v) is 3.00. The summed E-state index contributed by atoms with van der Waals surface area (Å²) in [5.74, 6) is 0.00741. The summed E-state index contributed by atoms with van der Waals surface area (Å²) in [6.45, 7) is 11.8. The molecule has 1 N–H and O–H groups in total. The Balaban J connectivity index is 2.20. The minimum atomic E-state index is -0.312. The Labute approximate surface area is 150 Å². The van der Waals surface area contributed by atoms with Crippen LogP contribution in [0, 0.1) is 31.1 Å². The number of nitriles is 1. The molecule has 1 aliphatic heterocycles. The van der Waals surface area contributed by atoms with Crippen molar-refractivity contribution in [2.75, 3.05) is 6.61 Å². The topological polar surface area (TPSA) is 67.0 Å². The molecule has 0 aliphatic carbocycles. The van der Waals surface area contributed by atoms with Crippen molar-refractivity contribution in [2.24, 2.45) is 5.92 Å². The number of aromatic nitrogens is 1. The molecule has 0 radical (unpaired) electrons. The summed E-state index contributed by atoms with van der Waals surface area (Å²) < 4.78 is 7.94. The van der Waals surface area contributed by atoms with Crippen LogP contribution in [0.1, 0.15) is 50.6 Å². The van der Waals surface area contributed by atoms with E-state index in [1.165, 1.54) is 0 Å². The van der Waals surface area contributed by atoms with Gasteiger partial charge in [0.25, 0.3) is 5.91 Å². The molecule has 0 aromatic carbocycles. The summed E-state index contributed by atoms with van der Waals surface area (Å²) in [6, 6.07) is 4.09. The second-order valence-corrected chi connectivity index (χ2v) is 7.25. The molecule has 2 rings (SSSR count). The van der Waals surface area contributed by atoms with Gasteiger partial charge in [-0.1, -0.05) is 13.8 Å². The lowest BCUT2D eigenvalue weighted by Gasteiger charge is -2.17. The van der Waals surface area contributed by atoms with E-state index in [4.69, 9.17) is 4.74 Å². The van der Waals surface area contributed by atoms with Crippen molar-refractivity contribution in [1.29, 1.82) is 5.26 Å². The highest BCUT2D eigenvalue weighted by Crippen LogP contribution is 2.22. The number of hydrogen-bond acceptors (Lipinski definition) is 3. The summed E-state index contributed by atoms with van der Waals surface area (Å²) in [6.07, 6.45) is 4.15. The summed E-state index contributed by atoms with van der Waals surface area (Å²) in [5, 5.41) is 12.3. The van der Waals surface area contributed by atoms with Gasteiger partial charge in [0, 0.05) is 30.6 Å². The first-order chi connectivity index (χ1) is 11.8. The number of nitrogens with one attached hydrogen (secondary N) is 1. The minimum Gasteiger partial charge on any atom is -0.376 e. The Morgan fingerprint density at radius 2 is 2.20 bits per heavy atom. The van der Waals surface area contributed by atoms with Crippen LogP contribution in [0.15, 0.2) is 11.6 Å². The van der Waals surface area contributed by atoms with E-state index in [-0.39, 0.29) is 23.6 Å². The first-order valence-electron chi connectivity index (χ1n) is 9.04. The van der Waals surface area contributed by atoms with Crippen molar-refractivity contribution in [1.82, 2.24) is 9.88 Å². The smallest absolute Gasteiger partial charge is 0.262 e. The number of amides is 1. The fraction of sp³-hybridized carbons (Fsp3) is 0.600. The van der Waals surface area contributed by atoms with Crippen molar-refractivity contribution in [3.05, 3.63) is 28.6 Å². The minimum absolute atomic E-state index is 0.0243. The van der Waals surface area contributed by atoms with Crippen molar-refractivity contribution in [3.63, 3.8) is 0 Å². The third-order valence-electron chi connectivity index (χ3n) is 5.05. The lowest BCUT2D eigenvalue weighted by Crippen LogP contribution is -2.36. The van der Waals surface area contributed by atoms with E-state index in [2.05, 4.69) is 9.88 Å². The third kappa shape index (κ3) is 4.73. The van der Waals surface area contributed by atoms with Crippen LogP contribution in [-0.2, 0) is 16.1 Å². The summed E-state index contributed by atoms with van der Waals surface area (Å²) in [7, 11) is 0. The standard InChI is InChI=1S/C20H29N3O2/c1-13(2)15(4)22-20(24)18(11-21)10-17-9-14(3)23(16(17)5)12-19-7-6-8-25-19/h9-10,13,15,19H,6-8,12H2,1-5H3,(H,22,24). The highest BCUT2D eigenvalue weighted by Gasteiger charge is 2.20. The monoisotopic (exact) mass is 343 g/mol. The quantitative estimate of drug-likeness (QED) is 0.636. The molecular formula is C20H29N3O2. The maximum atomic E-state index is 12.3. The van der Waals surface area contributed by atoms with E-state index >= 15 is 0 Å². The maximum Gasteiger partial charge on any atom is 0.262 e. The predicted molar refractivity (Wildman–Crippen MR) is 98.9 cm³/mol. The van der Waals surface area contributed by atoms with Gasteiger partial charge in [-0.25, -0.2) is 0 Å². The van der Waals surface area contributed by atoms with Crippen LogP contribution in [0.5, 0.6) is 0 Å². The molecule has 2 heterocycles. The molecule has 5 heteroatoms. The number of carbonyl (C=O) groups is 1. The van der Waals surface area contributed by atoms with Crippen LogP contribution in [0.25, 0.3) is 6.08 Å². The SMILES string of the molecule is Cc1cc(C=C(C#N)C(=O)NC(C)C(C)C)c(C)n1CC1CCCO1. The van der Waals surface area contributed by atoms with Crippen molar-refractivity contribution >= 4 is 12.0 Å². The van der Waals surface area contributed by atoms with Crippen LogP contribution in [0.4, 0.5) is 0 Å². The van der Waals surface area contributed by atoms with Gasteiger partial charge in [-0.15, -0.1) is 0 Å². The highest BCUT2D eigenvalue weighted by atomic mass is 16.5. The van der Waals surface area contributed by atoms with Crippen molar-refractivity contribution < 1.29 is 9.53 Å². The molecule has 1 amide bonds. The largest absolute Gasteiger partial charge is 0.376 e. The van der Waals surface area contributed by atoms with Gasteiger partial charge in [0.1, 0.15) is 11.6 Å². The van der Waals surface area contributed by atoms with E-state index in [9.17, 15) is 10.1 Å². The van der Waals surface area contributed by atoms with Gasteiger partial charge < -0.3 is 14.6 Å². The Morgan fingerprint density at radius 3 is 2.76 bits per heavy atom. The second-order valence-electron chi connectivity index (χ2n) is 7.25. The van der Waals surface area contributed by atoms with Gasteiger partial charge in [0.05, 0.1) is 6.10 Å². The van der Waals surface area contributed by atoms with Gasteiger partial charge in [-0.05, 0) is 57.2 Å². The summed E-state index contributed by atoms with van der Waals surface area (Å²) in [5.41, 5.74) is 3.24.